The number of rotatable bonds is 2. The Bertz CT molecular complexity index is 325. The maximum absolute atomic E-state index is 11.8. The van der Waals surface area contributed by atoms with E-state index < -0.39 is 6.36 Å². The molecule has 1 aromatic rings. The molecule has 3 nitrogen and oxygen atoms in total. The van der Waals surface area contributed by atoms with Gasteiger partial charge in [0.2, 0.25) is 0 Å². The third-order valence-corrected chi connectivity index (χ3v) is 1.45. The van der Waals surface area contributed by atoms with Gasteiger partial charge in [0.05, 0.1) is 5.69 Å². The highest BCUT2D eigenvalue weighted by atomic mass is 19.4. The molecule has 1 rings (SSSR count). The second-order valence-electron chi connectivity index (χ2n) is 2.73. The van der Waals surface area contributed by atoms with Crippen molar-refractivity contribution in [3.8, 4) is 5.75 Å². The summed E-state index contributed by atoms with van der Waals surface area (Å²) < 4.78 is 39.2. The molecule has 0 aromatic heterocycles. The molecule has 78 valence electrons. The molecule has 0 aliphatic heterocycles. The molecule has 0 bridgehead atoms. The zero-order valence-corrected chi connectivity index (χ0v) is 7.35. The van der Waals surface area contributed by atoms with E-state index in [0.29, 0.717) is 11.3 Å². The Morgan fingerprint density at radius 2 is 1.93 bits per heavy atom. The van der Waals surface area contributed by atoms with E-state index in [0.717, 1.165) is 0 Å². The molecule has 0 radical (unpaired) electrons. The van der Waals surface area contributed by atoms with Crippen LogP contribution in [-0.4, -0.2) is 6.36 Å². The third-order valence-electron chi connectivity index (χ3n) is 1.45. The fraction of sp³-hybridized carbons (Fsp3) is 0.250. The number of hydrogen-bond acceptors (Lipinski definition) is 3. The minimum absolute atomic E-state index is 0.287. The van der Waals surface area contributed by atoms with E-state index in [-0.39, 0.29) is 5.75 Å². The second kappa shape index (κ2) is 3.75. The van der Waals surface area contributed by atoms with Crippen molar-refractivity contribution in [1.29, 1.82) is 0 Å². The molecule has 0 saturated heterocycles. The molecule has 0 aliphatic carbocycles. The van der Waals surface area contributed by atoms with Gasteiger partial charge < -0.3 is 10.2 Å². The maximum Gasteiger partial charge on any atom is 0.573 e. The molecule has 0 unspecified atom stereocenters. The van der Waals surface area contributed by atoms with Crippen molar-refractivity contribution < 1.29 is 17.9 Å². The Labute approximate surface area is 78.6 Å². The van der Waals surface area contributed by atoms with Gasteiger partial charge in [0.25, 0.3) is 0 Å². The van der Waals surface area contributed by atoms with Gasteiger partial charge in [-0.05, 0) is 24.6 Å². The molecular formula is C8H9F3N2O. The predicted molar refractivity (Wildman–Crippen MR) is 45.7 cm³/mol. The Kier molecular flexibility index (Phi) is 2.85. The summed E-state index contributed by atoms with van der Waals surface area (Å²) in [5.41, 5.74) is 3.24. The van der Waals surface area contributed by atoms with E-state index in [9.17, 15) is 13.2 Å². The zero-order valence-electron chi connectivity index (χ0n) is 7.35. The third kappa shape index (κ3) is 3.14. The first-order valence-corrected chi connectivity index (χ1v) is 3.75. The average Bonchev–Trinajstić information content (AvgIpc) is 1.99. The van der Waals surface area contributed by atoms with Crippen LogP contribution in [0.5, 0.6) is 5.75 Å². The van der Waals surface area contributed by atoms with Crippen LogP contribution in [0.25, 0.3) is 0 Å². The van der Waals surface area contributed by atoms with E-state index >= 15 is 0 Å². The summed E-state index contributed by atoms with van der Waals surface area (Å²) in [5.74, 6) is 4.78. The number of benzene rings is 1. The van der Waals surface area contributed by atoms with Gasteiger partial charge in [-0.15, -0.1) is 13.2 Å². The Hall–Kier alpha value is -1.43. The van der Waals surface area contributed by atoms with Crippen LogP contribution in [0, 0.1) is 6.92 Å². The number of hydrogen-bond donors (Lipinski definition) is 2. The molecule has 0 fully saturated rings. The van der Waals surface area contributed by atoms with Crippen molar-refractivity contribution in [1.82, 2.24) is 0 Å². The Morgan fingerprint density at radius 1 is 1.29 bits per heavy atom. The first-order chi connectivity index (χ1) is 6.40. The summed E-state index contributed by atoms with van der Waals surface area (Å²) in [5, 5.41) is 0. The molecule has 0 amide bonds. The minimum Gasteiger partial charge on any atom is -0.406 e. The maximum atomic E-state index is 11.8. The standard InChI is InChI=1S/C8H9F3N2O/c1-5-2-6(13-12)4-7(3-5)14-8(9,10)11/h2-4,13H,12H2,1H3. The van der Waals surface area contributed by atoms with Gasteiger partial charge in [-0.3, -0.25) is 5.84 Å². The van der Waals surface area contributed by atoms with Crippen LogP contribution < -0.4 is 16.0 Å². The highest BCUT2D eigenvalue weighted by molar-refractivity contribution is 5.50. The molecule has 0 heterocycles. The Balaban J connectivity index is 2.92. The number of nitrogens with one attached hydrogen (secondary N) is 1. The number of alkyl halides is 3. The van der Waals surface area contributed by atoms with Crippen molar-refractivity contribution >= 4 is 5.69 Å². The molecule has 0 saturated carbocycles. The molecule has 1 aromatic carbocycles. The number of aryl methyl sites for hydroxylation is 1. The van der Waals surface area contributed by atoms with E-state index in [2.05, 4.69) is 10.2 Å². The zero-order chi connectivity index (χ0) is 10.8. The van der Waals surface area contributed by atoms with E-state index in [1.807, 2.05) is 0 Å². The summed E-state index contributed by atoms with van der Waals surface area (Å²) in [6.45, 7) is 1.64. The number of nitrogen functional groups attached to an aromatic ring is 1. The van der Waals surface area contributed by atoms with Crippen LogP contribution in [0.4, 0.5) is 18.9 Å². The second-order valence-corrected chi connectivity index (χ2v) is 2.73. The van der Waals surface area contributed by atoms with Gasteiger partial charge in [0, 0.05) is 6.07 Å². The number of ether oxygens (including phenoxy) is 1. The van der Waals surface area contributed by atoms with Gasteiger partial charge in [0.15, 0.2) is 0 Å². The fourth-order valence-electron chi connectivity index (χ4n) is 1.02. The molecular weight excluding hydrogens is 197 g/mol. The summed E-state index contributed by atoms with van der Waals surface area (Å²) >= 11 is 0. The predicted octanol–water partition coefficient (Wildman–Crippen LogP) is 2.18. The van der Waals surface area contributed by atoms with Gasteiger partial charge in [-0.25, -0.2) is 0 Å². The Morgan fingerprint density at radius 3 is 2.43 bits per heavy atom. The first-order valence-electron chi connectivity index (χ1n) is 3.75. The topological polar surface area (TPSA) is 47.3 Å². The van der Waals surface area contributed by atoms with Crippen molar-refractivity contribution in [3.63, 3.8) is 0 Å². The van der Waals surface area contributed by atoms with Crippen molar-refractivity contribution in [2.24, 2.45) is 5.84 Å². The summed E-state index contributed by atoms with van der Waals surface area (Å²) in [6, 6.07) is 4.04. The van der Waals surface area contributed by atoms with Crippen LogP contribution in [0.3, 0.4) is 0 Å². The summed E-state index contributed by atoms with van der Waals surface area (Å²) in [7, 11) is 0. The fourth-order valence-corrected chi connectivity index (χ4v) is 1.02. The molecule has 0 aliphatic rings. The van der Waals surface area contributed by atoms with Gasteiger partial charge in [-0.2, -0.15) is 0 Å². The first kappa shape index (κ1) is 10.6. The SMILES string of the molecule is Cc1cc(NN)cc(OC(F)(F)F)c1. The molecule has 0 spiro atoms. The molecule has 14 heavy (non-hydrogen) atoms. The lowest BCUT2D eigenvalue weighted by atomic mass is 10.2. The van der Waals surface area contributed by atoms with Crippen LogP contribution in [0.1, 0.15) is 5.56 Å². The van der Waals surface area contributed by atoms with E-state index in [4.69, 9.17) is 5.84 Å². The van der Waals surface area contributed by atoms with Gasteiger partial charge in [0.1, 0.15) is 5.75 Å². The molecule has 6 heteroatoms. The number of halogens is 3. The lowest BCUT2D eigenvalue weighted by molar-refractivity contribution is -0.274. The normalized spacial score (nSPS) is 11.2. The van der Waals surface area contributed by atoms with E-state index in [1.165, 1.54) is 12.1 Å². The largest absolute Gasteiger partial charge is 0.573 e. The smallest absolute Gasteiger partial charge is 0.406 e. The quantitative estimate of drug-likeness (QED) is 0.576. The summed E-state index contributed by atoms with van der Waals surface area (Å²) in [6.07, 6.45) is -4.68. The van der Waals surface area contributed by atoms with Crippen molar-refractivity contribution in [2.45, 2.75) is 13.3 Å². The van der Waals surface area contributed by atoms with Crippen LogP contribution in [-0.2, 0) is 0 Å². The van der Waals surface area contributed by atoms with Crippen LogP contribution in [0.2, 0.25) is 0 Å². The summed E-state index contributed by atoms with van der Waals surface area (Å²) in [4.78, 5) is 0. The minimum atomic E-state index is -4.68. The number of anilines is 1. The van der Waals surface area contributed by atoms with E-state index in [1.54, 1.807) is 13.0 Å². The lowest BCUT2D eigenvalue weighted by Gasteiger charge is -2.10. The molecule has 3 N–H and O–H groups in total. The monoisotopic (exact) mass is 206 g/mol. The van der Waals surface area contributed by atoms with Gasteiger partial charge in [-0.1, -0.05) is 0 Å². The highest BCUT2D eigenvalue weighted by Crippen LogP contribution is 2.26. The van der Waals surface area contributed by atoms with Crippen LogP contribution >= 0.6 is 0 Å². The number of hydrazine groups is 1. The van der Waals surface area contributed by atoms with Crippen LogP contribution in [0.15, 0.2) is 18.2 Å². The lowest BCUT2D eigenvalue weighted by Crippen LogP contribution is -2.17. The average molecular weight is 206 g/mol. The molecule has 0 atom stereocenters. The van der Waals surface area contributed by atoms with Gasteiger partial charge >= 0.3 is 6.36 Å². The van der Waals surface area contributed by atoms with Crippen molar-refractivity contribution in [2.75, 3.05) is 5.43 Å². The van der Waals surface area contributed by atoms with Crippen molar-refractivity contribution in [3.05, 3.63) is 23.8 Å². The number of nitrogens with two attached hydrogens (primary N) is 1. The highest BCUT2D eigenvalue weighted by Gasteiger charge is 2.31.